The fourth-order valence-electron chi connectivity index (χ4n) is 0.161. The van der Waals surface area contributed by atoms with E-state index in [4.69, 9.17) is 5.14 Å². The highest BCUT2D eigenvalue weighted by atomic mass is 32.2. The van der Waals surface area contributed by atoms with Crippen LogP contribution in [0.25, 0.3) is 0 Å². The minimum Gasteiger partial charge on any atom is -0.281 e. The predicted octanol–water partition coefficient (Wildman–Crippen LogP) is 0.808. The van der Waals surface area contributed by atoms with E-state index < -0.39 is 0 Å². The molecule has 7 heavy (non-hydrogen) atoms. The number of aliphatic imine (C=N–C) groups is 1. The number of hydrogen-bond acceptors (Lipinski definition) is 3. The van der Waals surface area contributed by atoms with Crippen LogP contribution in [-0.2, 0) is 0 Å². The maximum Gasteiger partial charge on any atom is 0.0985 e. The van der Waals surface area contributed by atoms with Gasteiger partial charge in [0.25, 0.3) is 0 Å². The normalized spacial score (nSPS) is 9.86. The van der Waals surface area contributed by atoms with E-state index in [1.807, 2.05) is 0 Å². The molecule has 0 bridgehead atoms. The van der Waals surface area contributed by atoms with Crippen LogP contribution in [0.5, 0.6) is 0 Å². The predicted molar refractivity (Wildman–Crippen MR) is 35.3 cm³/mol. The highest BCUT2D eigenvalue weighted by molar-refractivity contribution is 7.97. The van der Waals surface area contributed by atoms with Crippen molar-refractivity contribution >= 4 is 18.2 Å². The highest BCUT2D eigenvalue weighted by Crippen LogP contribution is 1.82. The number of nitrogens with zero attached hydrogens (tertiary/aromatic N) is 1. The maximum absolute atomic E-state index is 5.04. The minimum absolute atomic E-state index is 0.617. The summed E-state index contributed by atoms with van der Waals surface area (Å²) in [6.07, 6.45) is 3.25. The van der Waals surface area contributed by atoms with Crippen LogP contribution in [0.3, 0.4) is 0 Å². The summed E-state index contributed by atoms with van der Waals surface area (Å²) < 4.78 is 0. The molecule has 0 aliphatic rings. The topological polar surface area (TPSA) is 38.4 Å². The molecule has 0 fully saturated rings. The fourth-order valence-corrected chi connectivity index (χ4v) is 0.333. The average Bonchev–Trinajstić information content (AvgIpc) is 1.69. The number of nitrogens with two attached hydrogens (primary N) is 1. The van der Waals surface area contributed by atoms with E-state index in [0.29, 0.717) is 5.88 Å². The SMILES string of the molecule is C=C/C=N\CSN. The Morgan fingerprint density at radius 1 is 1.86 bits per heavy atom. The van der Waals surface area contributed by atoms with Crippen molar-refractivity contribution in [2.24, 2.45) is 10.1 Å². The summed E-state index contributed by atoms with van der Waals surface area (Å²) >= 11 is 1.20. The second-order valence-electron chi connectivity index (χ2n) is 0.863. The first-order valence-electron chi connectivity index (χ1n) is 1.84. The third-order valence-corrected chi connectivity index (χ3v) is 0.658. The van der Waals surface area contributed by atoms with E-state index in [1.165, 1.54) is 11.9 Å². The lowest BCUT2D eigenvalue weighted by Crippen LogP contribution is -1.79. The molecule has 40 valence electrons. The summed E-state index contributed by atoms with van der Waals surface area (Å²) in [5.41, 5.74) is 0. The van der Waals surface area contributed by atoms with Crippen LogP contribution < -0.4 is 5.14 Å². The molecule has 0 aromatic heterocycles. The van der Waals surface area contributed by atoms with Crippen molar-refractivity contribution in [2.75, 3.05) is 5.88 Å². The largest absolute Gasteiger partial charge is 0.281 e. The van der Waals surface area contributed by atoms with Crippen LogP contribution in [0, 0.1) is 0 Å². The summed E-state index contributed by atoms with van der Waals surface area (Å²) in [4.78, 5) is 3.80. The van der Waals surface area contributed by atoms with Gasteiger partial charge < -0.3 is 0 Å². The Bertz CT molecular complexity index is 70.1. The van der Waals surface area contributed by atoms with Crippen molar-refractivity contribution in [3.63, 3.8) is 0 Å². The van der Waals surface area contributed by atoms with Crippen molar-refractivity contribution in [3.05, 3.63) is 12.7 Å². The van der Waals surface area contributed by atoms with E-state index in [2.05, 4.69) is 11.6 Å². The third-order valence-electron chi connectivity index (χ3n) is 0.360. The first-order chi connectivity index (χ1) is 3.41. The first-order valence-corrected chi connectivity index (χ1v) is 2.89. The Labute approximate surface area is 47.6 Å². The van der Waals surface area contributed by atoms with Gasteiger partial charge in [0, 0.05) is 6.21 Å². The van der Waals surface area contributed by atoms with Gasteiger partial charge in [0.15, 0.2) is 0 Å². The fraction of sp³-hybridized carbons (Fsp3) is 0.250. The Morgan fingerprint density at radius 3 is 3.00 bits per heavy atom. The van der Waals surface area contributed by atoms with Gasteiger partial charge in [0.05, 0.1) is 5.88 Å². The molecule has 0 aliphatic heterocycles. The lowest BCUT2D eigenvalue weighted by molar-refractivity contribution is 1.40. The van der Waals surface area contributed by atoms with Crippen LogP contribution in [0.4, 0.5) is 0 Å². The van der Waals surface area contributed by atoms with Crippen molar-refractivity contribution in [1.82, 2.24) is 0 Å². The molecule has 0 amide bonds. The summed E-state index contributed by atoms with van der Waals surface area (Å²) in [6, 6.07) is 0. The molecular weight excluding hydrogens is 108 g/mol. The number of rotatable bonds is 3. The number of allylic oxidation sites excluding steroid dienone is 1. The monoisotopic (exact) mass is 116 g/mol. The van der Waals surface area contributed by atoms with Crippen LogP contribution in [0.1, 0.15) is 0 Å². The molecule has 0 saturated heterocycles. The zero-order valence-corrected chi connectivity index (χ0v) is 4.82. The van der Waals surface area contributed by atoms with Gasteiger partial charge in [-0.1, -0.05) is 24.6 Å². The molecule has 2 nitrogen and oxygen atoms in total. The van der Waals surface area contributed by atoms with Gasteiger partial charge in [-0.05, 0) is 0 Å². The summed E-state index contributed by atoms with van der Waals surface area (Å²) in [6.45, 7) is 3.43. The molecule has 0 unspecified atom stereocenters. The van der Waals surface area contributed by atoms with Crippen LogP contribution in [0.2, 0.25) is 0 Å². The molecule has 0 atom stereocenters. The van der Waals surface area contributed by atoms with Crippen LogP contribution >= 0.6 is 11.9 Å². The standard InChI is InChI=1S/C4H8N2S/c1-2-3-6-4-7-5/h2-3H,1,4-5H2/b6-3-. The van der Waals surface area contributed by atoms with E-state index in [0.717, 1.165) is 0 Å². The van der Waals surface area contributed by atoms with Gasteiger partial charge in [0.2, 0.25) is 0 Å². The smallest absolute Gasteiger partial charge is 0.0985 e. The van der Waals surface area contributed by atoms with E-state index in [-0.39, 0.29) is 0 Å². The molecule has 0 radical (unpaired) electrons. The van der Waals surface area contributed by atoms with Crippen LogP contribution in [0.15, 0.2) is 17.6 Å². The maximum atomic E-state index is 5.04. The first kappa shape index (κ1) is 6.72. The van der Waals surface area contributed by atoms with Gasteiger partial charge >= 0.3 is 0 Å². The number of hydrogen-bond donors (Lipinski definition) is 1. The molecule has 0 heterocycles. The van der Waals surface area contributed by atoms with E-state index in [1.54, 1.807) is 12.3 Å². The zero-order valence-electron chi connectivity index (χ0n) is 4.00. The molecule has 3 heteroatoms. The quantitative estimate of drug-likeness (QED) is 0.437. The second kappa shape index (κ2) is 5.72. The molecule has 0 saturated carbocycles. The average molecular weight is 116 g/mol. The Hall–Kier alpha value is -0.280. The van der Waals surface area contributed by atoms with Gasteiger partial charge in [-0.15, -0.1) is 0 Å². The van der Waals surface area contributed by atoms with Gasteiger partial charge in [-0.25, -0.2) is 0 Å². The molecule has 0 spiro atoms. The van der Waals surface area contributed by atoms with Crippen molar-refractivity contribution in [1.29, 1.82) is 0 Å². The molecule has 0 aromatic carbocycles. The Kier molecular flexibility index (Phi) is 5.49. The lowest BCUT2D eigenvalue weighted by Gasteiger charge is -1.79. The van der Waals surface area contributed by atoms with E-state index >= 15 is 0 Å². The van der Waals surface area contributed by atoms with Crippen molar-refractivity contribution < 1.29 is 0 Å². The van der Waals surface area contributed by atoms with E-state index in [9.17, 15) is 0 Å². The molecule has 2 N–H and O–H groups in total. The zero-order chi connectivity index (χ0) is 5.54. The molecule has 0 aliphatic carbocycles. The van der Waals surface area contributed by atoms with Gasteiger partial charge in [-0.2, -0.15) is 0 Å². The summed E-state index contributed by atoms with van der Waals surface area (Å²) in [7, 11) is 0. The third kappa shape index (κ3) is 5.72. The van der Waals surface area contributed by atoms with Crippen LogP contribution in [-0.4, -0.2) is 12.1 Å². The van der Waals surface area contributed by atoms with Crippen molar-refractivity contribution in [3.8, 4) is 0 Å². The molecular formula is C4H8N2S. The minimum atomic E-state index is 0.617. The summed E-state index contributed by atoms with van der Waals surface area (Å²) in [5.74, 6) is 0.617. The Morgan fingerprint density at radius 2 is 2.57 bits per heavy atom. The lowest BCUT2D eigenvalue weighted by atomic mass is 10.7. The second-order valence-corrected chi connectivity index (χ2v) is 1.45. The molecule has 0 aromatic rings. The van der Waals surface area contributed by atoms with Gasteiger partial charge in [0.1, 0.15) is 0 Å². The summed E-state index contributed by atoms with van der Waals surface area (Å²) in [5, 5.41) is 5.04. The van der Waals surface area contributed by atoms with Crippen molar-refractivity contribution in [2.45, 2.75) is 0 Å². The van der Waals surface area contributed by atoms with Gasteiger partial charge in [-0.3, -0.25) is 10.1 Å². The highest BCUT2D eigenvalue weighted by Gasteiger charge is 1.66. The Balaban J connectivity index is 2.92. The molecule has 0 rings (SSSR count).